The number of benzene rings is 1. The number of anilines is 2. The zero-order valence-electron chi connectivity index (χ0n) is 14.2. The maximum atomic E-state index is 10.8. The van der Waals surface area contributed by atoms with E-state index in [2.05, 4.69) is 25.7 Å². The Labute approximate surface area is 154 Å². The predicted molar refractivity (Wildman–Crippen MR) is 102 cm³/mol. The summed E-state index contributed by atoms with van der Waals surface area (Å²) in [4.78, 5) is 19.0. The molecule has 3 heterocycles. The minimum absolute atomic E-state index is 0.0484. The van der Waals surface area contributed by atoms with Crippen LogP contribution in [0.2, 0.25) is 0 Å². The molecule has 0 aliphatic rings. The molecule has 3 aromatic heterocycles. The van der Waals surface area contributed by atoms with Gasteiger partial charge in [0.05, 0.1) is 11.4 Å². The molecule has 0 saturated carbocycles. The molecular weight excluding hydrogens is 344 g/mol. The number of nitrogens with zero attached hydrogens (tertiary/aromatic N) is 4. The highest BCUT2D eigenvalue weighted by atomic mass is 16.4. The number of carboxylic acid groups (broad SMARTS) is 1. The molecule has 0 fully saturated rings. The fourth-order valence-electron chi connectivity index (χ4n) is 2.74. The van der Waals surface area contributed by atoms with Crippen molar-refractivity contribution in [1.29, 1.82) is 0 Å². The van der Waals surface area contributed by atoms with Crippen molar-refractivity contribution in [3.05, 3.63) is 72.6 Å². The Morgan fingerprint density at radius 1 is 1.07 bits per heavy atom. The van der Waals surface area contributed by atoms with Crippen molar-refractivity contribution in [2.24, 2.45) is 0 Å². The first kappa shape index (κ1) is 16.5. The second kappa shape index (κ2) is 7.12. The van der Waals surface area contributed by atoms with E-state index < -0.39 is 6.09 Å². The van der Waals surface area contributed by atoms with Crippen LogP contribution in [0, 0.1) is 0 Å². The number of aromatic nitrogens is 4. The molecule has 134 valence electrons. The second-order valence-electron chi connectivity index (χ2n) is 5.84. The Balaban J connectivity index is 1.56. The number of hydrogen-bond acceptors (Lipinski definition) is 5. The average molecular weight is 360 g/mol. The Bertz CT molecular complexity index is 1080. The summed E-state index contributed by atoms with van der Waals surface area (Å²) in [5, 5.41) is 18.5. The molecule has 1 amide bonds. The van der Waals surface area contributed by atoms with E-state index >= 15 is 0 Å². The van der Waals surface area contributed by atoms with Gasteiger partial charge in [-0.1, -0.05) is 30.3 Å². The highest BCUT2D eigenvalue weighted by Gasteiger charge is 2.10. The fraction of sp³-hybridized carbons (Fsp3) is 0.0526. The van der Waals surface area contributed by atoms with Crippen LogP contribution in [0.15, 0.2) is 67.0 Å². The molecule has 0 spiro atoms. The van der Waals surface area contributed by atoms with Gasteiger partial charge in [-0.2, -0.15) is 4.98 Å². The summed E-state index contributed by atoms with van der Waals surface area (Å²) in [6, 6.07) is 17.5. The zero-order chi connectivity index (χ0) is 18.6. The summed E-state index contributed by atoms with van der Waals surface area (Å²) in [6.45, 7) is 0.687. The molecule has 8 nitrogen and oxygen atoms in total. The van der Waals surface area contributed by atoms with Gasteiger partial charge in [0.15, 0.2) is 5.65 Å². The van der Waals surface area contributed by atoms with Gasteiger partial charge in [-0.05, 0) is 29.8 Å². The van der Waals surface area contributed by atoms with Gasteiger partial charge in [0.25, 0.3) is 5.95 Å². The number of carbonyl (C=O) groups is 1. The smallest absolute Gasteiger partial charge is 0.411 e. The highest BCUT2D eigenvalue weighted by Crippen LogP contribution is 2.22. The molecule has 0 bridgehead atoms. The third-order valence-electron chi connectivity index (χ3n) is 3.99. The largest absolute Gasteiger partial charge is 0.465 e. The molecule has 8 heteroatoms. The minimum atomic E-state index is -1.20. The van der Waals surface area contributed by atoms with Gasteiger partial charge < -0.3 is 10.4 Å². The number of pyridine rings is 2. The molecule has 0 aliphatic carbocycles. The molecule has 4 rings (SSSR count). The van der Waals surface area contributed by atoms with Crippen LogP contribution in [-0.2, 0) is 6.54 Å². The summed E-state index contributed by atoms with van der Waals surface area (Å²) in [7, 11) is 0. The summed E-state index contributed by atoms with van der Waals surface area (Å²) in [6.07, 6.45) is 2.32. The van der Waals surface area contributed by atoms with Crippen LogP contribution < -0.4 is 10.6 Å². The summed E-state index contributed by atoms with van der Waals surface area (Å²) in [5.41, 5.74) is 4.44. The third kappa shape index (κ3) is 3.69. The lowest BCUT2D eigenvalue weighted by atomic mass is 10.1. The predicted octanol–water partition coefficient (Wildman–Crippen LogP) is 3.49. The van der Waals surface area contributed by atoms with E-state index in [0.29, 0.717) is 12.2 Å². The van der Waals surface area contributed by atoms with E-state index in [1.54, 1.807) is 23.0 Å². The maximum absolute atomic E-state index is 10.8. The van der Waals surface area contributed by atoms with Crippen LogP contribution in [-0.4, -0.2) is 30.8 Å². The van der Waals surface area contributed by atoms with Crippen molar-refractivity contribution in [2.45, 2.75) is 6.54 Å². The van der Waals surface area contributed by atoms with E-state index in [1.165, 1.54) is 0 Å². The Morgan fingerprint density at radius 2 is 1.93 bits per heavy atom. The quantitative estimate of drug-likeness (QED) is 0.503. The maximum Gasteiger partial charge on any atom is 0.411 e. The minimum Gasteiger partial charge on any atom is -0.465 e. The van der Waals surface area contributed by atoms with E-state index in [1.807, 2.05) is 48.5 Å². The van der Waals surface area contributed by atoms with E-state index in [-0.39, 0.29) is 5.95 Å². The Morgan fingerprint density at radius 3 is 2.67 bits per heavy atom. The first-order chi connectivity index (χ1) is 13.2. The Hall–Kier alpha value is -3.94. The van der Waals surface area contributed by atoms with Gasteiger partial charge >= 0.3 is 6.09 Å². The van der Waals surface area contributed by atoms with Gasteiger partial charge in [0, 0.05) is 24.5 Å². The number of amides is 1. The molecule has 0 atom stereocenters. The van der Waals surface area contributed by atoms with Crippen LogP contribution in [0.3, 0.4) is 0 Å². The van der Waals surface area contributed by atoms with Gasteiger partial charge in [-0.15, -0.1) is 5.10 Å². The first-order valence-electron chi connectivity index (χ1n) is 8.28. The van der Waals surface area contributed by atoms with Crippen LogP contribution in [0.1, 0.15) is 5.56 Å². The number of hydrogen-bond donors (Lipinski definition) is 3. The van der Waals surface area contributed by atoms with Crippen molar-refractivity contribution in [2.75, 3.05) is 10.6 Å². The fourth-order valence-corrected chi connectivity index (χ4v) is 2.74. The van der Waals surface area contributed by atoms with Gasteiger partial charge in [-0.25, -0.2) is 9.31 Å². The highest BCUT2D eigenvalue weighted by molar-refractivity contribution is 5.80. The third-order valence-corrected chi connectivity index (χ3v) is 3.99. The average Bonchev–Trinajstić information content (AvgIpc) is 3.09. The standard InChI is InChI=1S/C19H16N6O2/c26-19(27)23-18-22-17-5-1-4-16(25(17)24-18)14-8-6-13(7-9-14)11-21-15-3-2-10-20-12-15/h1-10,12,21H,11H2,(H,23,24)(H,26,27). The molecule has 0 unspecified atom stereocenters. The molecule has 1 aromatic carbocycles. The summed E-state index contributed by atoms with van der Waals surface area (Å²) >= 11 is 0. The molecule has 3 N–H and O–H groups in total. The molecular formula is C19H16N6O2. The lowest BCUT2D eigenvalue weighted by molar-refractivity contribution is 0.209. The lowest BCUT2D eigenvalue weighted by Gasteiger charge is -2.08. The van der Waals surface area contributed by atoms with Crippen LogP contribution >= 0.6 is 0 Å². The van der Waals surface area contributed by atoms with Gasteiger partial charge in [0.2, 0.25) is 0 Å². The number of nitrogens with one attached hydrogen (secondary N) is 2. The van der Waals surface area contributed by atoms with Crippen LogP contribution in [0.25, 0.3) is 16.9 Å². The number of rotatable bonds is 5. The zero-order valence-corrected chi connectivity index (χ0v) is 14.2. The van der Waals surface area contributed by atoms with Crippen molar-refractivity contribution in [1.82, 2.24) is 19.6 Å². The molecule has 0 radical (unpaired) electrons. The van der Waals surface area contributed by atoms with E-state index in [4.69, 9.17) is 5.11 Å². The lowest BCUT2D eigenvalue weighted by Crippen LogP contribution is -2.08. The van der Waals surface area contributed by atoms with Crippen LogP contribution in [0.4, 0.5) is 16.4 Å². The number of fused-ring (bicyclic) bond motifs is 1. The van der Waals surface area contributed by atoms with Gasteiger partial charge in [0.1, 0.15) is 0 Å². The summed E-state index contributed by atoms with van der Waals surface area (Å²) in [5.74, 6) is 0.0484. The molecule has 4 aromatic rings. The molecule has 0 saturated heterocycles. The SMILES string of the molecule is O=C(O)Nc1nc2cccc(-c3ccc(CNc4cccnc4)cc3)n2n1. The van der Waals surface area contributed by atoms with Crippen molar-refractivity contribution >= 4 is 23.4 Å². The topological polar surface area (TPSA) is 104 Å². The molecule has 0 aliphatic heterocycles. The Kier molecular flexibility index (Phi) is 4.36. The van der Waals surface area contributed by atoms with Crippen LogP contribution in [0.5, 0.6) is 0 Å². The normalized spacial score (nSPS) is 10.7. The summed E-state index contributed by atoms with van der Waals surface area (Å²) < 4.78 is 1.62. The van der Waals surface area contributed by atoms with Crippen molar-refractivity contribution < 1.29 is 9.90 Å². The van der Waals surface area contributed by atoms with E-state index in [0.717, 1.165) is 22.5 Å². The second-order valence-corrected chi connectivity index (χ2v) is 5.84. The van der Waals surface area contributed by atoms with E-state index in [9.17, 15) is 4.79 Å². The monoisotopic (exact) mass is 360 g/mol. The van der Waals surface area contributed by atoms with Crippen molar-refractivity contribution in [3.8, 4) is 11.3 Å². The molecule has 27 heavy (non-hydrogen) atoms. The van der Waals surface area contributed by atoms with Gasteiger partial charge in [-0.3, -0.25) is 10.3 Å². The first-order valence-corrected chi connectivity index (χ1v) is 8.28. The van der Waals surface area contributed by atoms with Crippen molar-refractivity contribution in [3.63, 3.8) is 0 Å².